The first-order chi connectivity index (χ1) is 14.4. The van der Waals surface area contributed by atoms with E-state index < -0.39 is 11.7 Å². The molecule has 2 aromatic carbocycles. The third kappa shape index (κ3) is 4.12. The lowest BCUT2D eigenvalue weighted by molar-refractivity contribution is 0.0995. The number of hydrogen-bond acceptors (Lipinski definition) is 6. The van der Waals surface area contributed by atoms with Crippen molar-refractivity contribution in [3.8, 4) is 5.88 Å². The number of hydrogen-bond donors (Lipinski definition) is 2. The van der Waals surface area contributed by atoms with E-state index in [-0.39, 0.29) is 11.6 Å². The summed E-state index contributed by atoms with van der Waals surface area (Å²) in [6, 6.07) is 9.41. The first-order valence-corrected chi connectivity index (χ1v) is 10.4. The molecule has 0 aliphatic carbocycles. The summed E-state index contributed by atoms with van der Waals surface area (Å²) in [5, 5.41) is 26.5. The molecule has 152 valence electrons. The molecule has 30 heavy (non-hydrogen) atoms. The van der Waals surface area contributed by atoms with Crippen LogP contribution in [0.15, 0.2) is 62.6 Å². The summed E-state index contributed by atoms with van der Waals surface area (Å²) in [4.78, 5) is 15.0. The lowest BCUT2D eigenvalue weighted by Crippen LogP contribution is -1.94. The Bertz CT molecular complexity index is 1270. The number of benzene rings is 2. The second-order valence-electron chi connectivity index (χ2n) is 6.35. The van der Waals surface area contributed by atoms with Gasteiger partial charge in [-0.3, -0.25) is 4.79 Å². The van der Waals surface area contributed by atoms with Gasteiger partial charge in [0.15, 0.2) is 10.8 Å². The van der Waals surface area contributed by atoms with E-state index in [1.165, 1.54) is 23.9 Å². The number of carbonyl (C=O) groups is 1. The predicted molar refractivity (Wildman–Crippen MR) is 113 cm³/mol. The second kappa shape index (κ2) is 8.36. The molecule has 4 rings (SSSR count). The standard InChI is InChI=1S/C19H14BrFN6O2S/c1-27-9-22-26-19(27)30-8-10-2-4-11(5-3-10)17(28)25-24-16-13-6-12(21)7-14(20)15(13)23-18(16)29/h2-7,9,23,29H,8H2,1H3. The van der Waals surface area contributed by atoms with Crippen molar-refractivity contribution in [2.45, 2.75) is 10.9 Å². The number of aromatic nitrogens is 4. The van der Waals surface area contributed by atoms with Crippen LogP contribution in [0.5, 0.6) is 5.88 Å². The maximum atomic E-state index is 13.7. The Balaban J connectivity index is 1.49. The molecule has 0 saturated carbocycles. The number of fused-ring (bicyclic) bond motifs is 1. The molecule has 0 atom stereocenters. The van der Waals surface area contributed by atoms with Crippen molar-refractivity contribution >= 4 is 50.2 Å². The normalized spacial score (nSPS) is 11.6. The minimum absolute atomic E-state index is 0.00440. The quantitative estimate of drug-likeness (QED) is 0.299. The largest absolute Gasteiger partial charge is 0.493 e. The smallest absolute Gasteiger partial charge is 0.295 e. The molecule has 4 aromatic rings. The molecule has 8 nitrogen and oxygen atoms in total. The number of H-pyrrole nitrogens is 1. The molecule has 0 aliphatic heterocycles. The van der Waals surface area contributed by atoms with Crippen LogP contribution in [0.1, 0.15) is 15.9 Å². The average molecular weight is 489 g/mol. The molecule has 2 N–H and O–H groups in total. The van der Waals surface area contributed by atoms with Crippen molar-refractivity contribution in [3.63, 3.8) is 0 Å². The van der Waals surface area contributed by atoms with Crippen molar-refractivity contribution in [3.05, 3.63) is 64.1 Å². The van der Waals surface area contributed by atoms with Gasteiger partial charge in [-0.25, -0.2) is 4.39 Å². The summed E-state index contributed by atoms with van der Waals surface area (Å²) in [5.41, 5.74) is 1.80. The number of halogens is 2. The number of thioether (sulfide) groups is 1. The number of aryl methyl sites for hydroxylation is 1. The molecule has 0 fully saturated rings. The van der Waals surface area contributed by atoms with Crippen LogP contribution in [0.4, 0.5) is 10.1 Å². The minimum atomic E-state index is -0.577. The molecule has 0 radical (unpaired) electrons. The van der Waals surface area contributed by atoms with E-state index in [1.54, 1.807) is 18.5 Å². The number of aromatic hydroxyl groups is 1. The SMILES string of the molecule is Cn1cnnc1SCc1ccc(C(=O)N=Nc2c(O)[nH]c3c(Br)cc(F)cc23)cc1. The second-order valence-corrected chi connectivity index (χ2v) is 8.14. The molecular weight excluding hydrogens is 475 g/mol. The fraction of sp³-hybridized carbons (Fsp3) is 0.105. The molecule has 1 amide bonds. The summed E-state index contributed by atoms with van der Waals surface area (Å²) in [7, 11) is 1.87. The number of azo groups is 1. The minimum Gasteiger partial charge on any atom is -0.493 e. The Morgan fingerprint density at radius 2 is 2.10 bits per heavy atom. The number of carbonyl (C=O) groups excluding carboxylic acids is 1. The Morgan fingerprint density at radius 3 is 2.80 bits per heavy atom. The van der Waals surface area contributed by atoms with Gasteiger partial charge < -0.3 is 14.7 Å². The highest BCUT2D eigenvalue weighted by molar-refractivity contribution is 9.10. The lowest BCUT2D eigenvalue weighted by atomic mass is 10.1. The van der Waals surface area contributed by atoms with Crippen molar-refractivity contribution in [1.29, 1.82) is 0 Å². The number of nitrogens with one attached hydrogen (secondary N) is 1. The zero-order chi connectivity index (χ0) is 21.3. The monoisotopic (exact) mass is 488 g/mol. The van der Waals surface area contributed by atoms with E-state index in [0.29, 0.717) is 26.7 Å². The number of aromatic amines is 1. The zero-order valence-corrected chi connectivity index (χ0v) is 17.9. The highest BCUT2D eigenvalue weighted by atomic mass is 79.9. The van der Waals surface area contributed by atoms with E-state index in [1.807, 2.05) is 23.7 Å². The van der Waals surface area contributed by atoms with Crippen LogP contribution < -0.4 is 0 Å². The Hall–Kier alpha value is -3.05. The topological polar surface area (TPSA) is 109 Å². The summed E-state index contributed by atoms with van der Waals surface area (Å²) >= 11 is 4.75. The molecule has 0 saturated heterocycles. The summed E-state index contributed by atoms with van der Waals surface area (Å²) in [6.45, 7) is 0. The van der Waals surface area contributed by atoms with Gasteiger partial charge in [0.05, 0.1) is 5.52 Å². The molecule has 2 heterocycles. The van der Waals surface area contributed by atoms with E-state index >= 15 is 0 Å². The van der Waals surface area contributed by atoms with Crippen LogP contribution in [0.2, 0.25) is 0 Å². The molecule has 2 aromatic heterocycles. The zero-order valence-electron chi connectivity index (χ0n) is 15.5. The van der Waals surface area contributed by atoms with Crippen LogP contribution in [-0.2, 0) is 12.8 Å². The first-order valence-electron chi connectivity index (χ1n) is 8.64. The van der Waals surface area contributed by atoms with E-state index in [4.69, 9.17) is 0 Å². The summed E-state index contributed by atoms with van der Waals surface area (Å²) < 4.78 is 15.9. The molecular formula is C19H14BrFN6O2S. The maximum Gasteiger partial charge on any atom is 0.295 e. The molecule has 0 spiro atoms. The molecule has 0 aliphatic rings. The van der Waals surface area contributed by atoms with Gasteiger partial charge in [0.2, 0.25) is 5.88 Å². The van der Waals surface area contributed by atoms with Gasteiger partial charge in [0, 0.05) is 28.2 Å². The first kappa shape index (κ1) is 20.2. The van der Waals surface area contributed by atoms with Crippen LogP contribution in [-0.4, -0.2) is 30.8 Å². The van der Waals surface area contributed by atoms with E-state index in [0.717, 1.165) is 10.7 Å². The Morgan fingerprint density at radius 1 is 1.33 bits per heavy atom. The van der Waals surface area contributed by atoms with Gasteiger partial charge >= 0.3 is 0 Å². The van der Waals surface area contributed by atoms with Gasteiger partial charge in [-0.05, 0) is 45.8 Å². The lowest BCUT2D eigenvalue weighted by Gasteiger charge is -2.02. The van der Waals surface area contributed by atoms with Crippen molar-refractivity contribution in [2.75, 3.05) is 0 Å². The van der Waals surface area contributed by atoms with Gasteiger partial charge in [0.25, 0.3) is 5.91 Å². The highest BCUT2D eigenvalue weighted by Gasteiger charge is 2.15. The van der Waals surface area contributed by atoms with Crippen molar-refractivity contribution < 1.29 is 14.3 Å². The average Bonchev–Trinajstić information content (AvgIpc) is 3.27. The van der Waals surface area contributed by atoms with Gasteiger partial charge in [-0.2, -0.15) is 0 Å². The molecule has 11 heteroatoms. The van der Waals surface area contributed by atoms with E-state index in [9.17, 15) is 14.3 Å². The fourth-order valence-electron chi connectivity index (χ4n) is 2.74. The van der Waals surface area contributed by atoms with Crippen molar-refractivity contribution in [2.24, 2.45) is 17.3 Å². The van der Waals surface area contributed by atoms with Crippen molar-refractivity contribution in [1.82, 2.24) is 19.7 Å². The summed E-state index contributed by atoms with van der Waals surface area (Å²) in [6.07, 6.45) is 1.63. The summed E-state index contributed by atoms with van der Waals surface area (Å²) in [5.74, 6) is -0.715. The van der Waals surface area contributed by atoms with Gasteiger partial charge in [-0.1, -0.05) is 23.9 Å². The number of rotatable bonds is 5. The van der Waals surface area contributed by atoms with E-state index in [2.05, 4.69) is 41.3 Å². The highest BCUT2D eigenvalue weighted by Crippen LogP contribution is 2.39. The Labute approximate surface area is 182 Å². The number of nitrogens with zero attached hydrogens (tertiary/aromatic N) is 5. The fourth-order valence-corrected chi connectivity index (χ4v) is 4.12. The van der Waals surface area contributed by atoms with Crippen LogP contribution in [0.25, 0.3) is 10.9 Å². The third-order valence-electron chi connectivity index (χ3n) is 4.26. The predicted octanol–water partition coefficient (Wildman–Crippen LogP) is 5.12. The maximum absolute atomic E-state index is 13.7. The van der Waals surface area contributed by atoms with Gasteiger partial charge in [-0.15, -0.1) is 20.4 Å². The third-order valence-corrected chi connectivity index (χ3v) is 5.99. The van der Waals surface area contributed by atoms with Gasteiger partial charge in [0.1, 0.15) is 12.1 Å². The molecule has 0 bridgehead atoms. The van der Waals surface area contributed by atoms with Crippen LogP contribution in [0, 0.1) is 5.82 Å². The molecule has 0 unspecified atom stereocenters. The Kier molecular flexibility index (Phi) is 5.64. The van der Waals surface area contributed by atoms with Crippen LogP contribution >= 0.6 is 27.7 Å². The van der Waals surface area contributed by atoms with Crippen LogP contribution in [0.3, 0.4) is 0 Å². The number of amides is 1.